The van der Waals surface area contributed by atoms with E-state index >= 15 is 0 Å². The molecule has 1 saturated carbocycles. The third kappa shape index (κ3) is 5.83. The molecule has 0 radical (unpaired) electrons. The standard InChI is InChI=1S/C16H30N2O3/c1-20-11-12-21-13-14-7-9-18(10-8-14)16(19)17-15-5-3-2-4-6-15/h14-15H,2-13H2,1H3,(H,17,19). The van der Waals surface area contributed by atoms with E-state index in [9.17, 15) is 4.79 Å². The molecule has 2 rings (SSSR count). The number of nitrogens with one attached hydrogen (secondary N) is 1. The van der Waals surface area contributed by atoms with Gasteiger partial charge in [-0.05, 0) is 31.6 Å². The predicted octanol–water partition coefficient (Wildman–Crippen LogP) is 2.40. The number of likely N-dealkylation sites (tertiary alicyclic amines) is 1. The molecular weight excluding hydrogens is 268 g/mol. The Kier molecular flexibility index (Phi) is 7.30. The van der Waals surface area contributed by atoms with Crippen LogP contribution in [0.5, 0.6) is 0 Å². The van der Waals surface area contributed by atoms with Gasteiger partial charge in [0.25, 0.3) is 0 Å². The second-order valence-corrected chi connectivity index (χ2v) is 6.28. The third-order valence-corrected chi connectivity index (χ3v) is 4.62. The van der Waals surface area contributed by atoms with Gasteiger partial charge in [-0.25, -0.2) is 4.79 Å². The van der Waals surface area contributed by atoms with Crippen molar-refractivity contribution in [2.75, 3.05) is 40.0 Å². The molecular formula is C16H30N2O3. The van der Waals surface area contributed by atoms with Gasteiger partial charge < -0.3 is 19.7 Å². The van der Waals surface area contributed by atoms with Crippen LogP contribution in [0.15, 0.2) is 0 Å². The predicted molar refractivity (Wildman–Crippen MR) is 82.4 cm³/mol. The first-order valence-corrected chi connectivity index (χ1v) is 8.41. The van der Waals surface area contributed by atoms with Crippen LogP contribution in [-0.4, -0.2) is 57.0 Å². The summed E-state index contributed by atoms with van der Waals surface area (Å²) < 4.78 is 10.6. The molecule has 2 amide bonds. The minimum atomic E-state index is 0.139. The number of nitrogens with zero attached hydrogens (tertiary/aromatic N) is 1. The molecule has 0 bridgehead atoms. The lowest BCUT2D eigenvalue weighted by molar-refractivity contribution is 0.0379. The quantitative estimate of drug-likeness (QED) is 0.766. The molecule has 2 fully saturated rings. The fraction of sp³-hybridized carbons (Fsp3) is 0.938. The summed E-state index contributed by atoms with van der Waals surface area (Å²) in [6, 6.07) is 0.544. The monoisotopic (exact) mass is 298 g/mol. The Morgan fingerprint density at radius 3 is 2.48 bits per heavy atom. The van der Waals surface area contributed by atoms with Crippen LogP contribution in [0.1, 0.15) is 44.9 Å². The summed E-state index contributed by atoms with van der Waals surface area (Å²) in [4.78, 5) is 14.2. The third-order valence-electron chi connectivity index (χ3n) is 4.62. The maximum absolute atomic E-state index is 12.2. The molecule has 122 valence electrons. The average Bonchev–Trinajstić information content (AvgIpc) is 2.53. The Morgan fingerprint density at radius 1 is 1.10 bits per heavy atom. The highest BCUT2D eigenvalue weighted by Crippen LogP contribution is 2.20. The van der Waals surface area contributed by atoms with Crippen molar-refractivity contribution in [3.8, 4) is 0 Å². The van der Waals surface area contributed by atoms with E-state index in [1.807, 2.05) is 4.90 Å². The topological polar surface area (TPSA) is 50.8 Å². The zero-order valence-corrected chi connectivity index (χ0v) is 13.3. The lowest BCUT2D eigenvalue weighted by Crippen LogP contribution is -2.48. The molecule has 0 atom stereocenters. The van der Waals surface area contributed by atoms with Gasteiger partial charge in [-0.3, -0.25) is 0 Å². The van der Waals surface area contributed by atoms with E-state index < -0.39 is 0 Å². The van der Waals surface area contributed by atoms with E-state index in [0.29, 0.717) is 25.2 Å². The molecule has 1 saturated heterocycles. The molecule has 0 aromatic rings. The molecule has 1 aliphatic carbocycles. The zero-order valence-electron chi connectivity index (χ0n) is 13.3. The van der Waals surface area contributed by atoms with Crippen LogP contribution < -0.4 is 5.32 Å². The lowest BCUT2D eigenvalue weighted by atomic mass is 9.95. The number of hydrogen-bond donors (Lipinski definition) is 1. The highest BCUT2D eigenvalue weighted by molar-refractivity contribution is 5.74. The highest BCUT2D eigenvalue weighted by Gasteiger charge is 2.24. The van der Waals surface area contributed by atoms with Gasteiger partial charge in [0.05, 0.1) is 13.2 Å². The number of urea groups is 1. The summed E-state index contributed by atoms with van der Waals surface area (Å²) in [5, 5.41) is 3.20. The van der Waals surface area contributed by atoms with Crippen molar-refractivity contribution in [3.05, 3.63) is 0 Å². The van der Waals surface area contributed by atoms with Crippen LogP contribution in [0, 0.1) is 5.92 Å². The zero-order chi connectivity index (χ0) is 14.9. The Bertz CT molecular complexity index is 298. The molecule has 0 aromatic heterocycles. The highest BCUT2D eigenvalue weighted by atomic mass is 16.5. The first-order valence-electron chi connectivity index (χ1n) is 8.41. The molecule has 2 aliphatic rings. The average molecular weight is 298 g/mol. The molecule has 1 N–H and O–H groups in total. The van der Waals surface area contributed by atoms with Crippen LogP contribution in [0.3, 0.4) is 0 Å². The van der Waals surface area contributed by atoms with Crippen molar-refractivity contribution in [1.29, 1.82) is 0 Å². The SMILES string of the molecule is COCCOCC1CCN(C(=O)NC2CCCCC2)CC1. The number of piperidine rings is 1. The second kappa shape index (κ2) is 9.26. The minimum Gasteiger partial charge on any atom is -0.382 e. The van der Waals surface area contributed by atoms with Gasteiger partial charge in [-0.15, -0.1) is 0 Å². The Morgan fingerprint density at radius 2 is 1.81 bits per heavy atom. The van der Waals surface area contributed by atoms with Crippen molar-refractivity contribution >= 4 is 6.03 Å². The van der Waals surface area contributed by atoms with Gasteiger partial charge in [0, 0.05) is 32.8 Å². The maximum atomic E-state index is 12.2. The number of amides is 2. The Balaban J connectivity index is 1.60. The largest absolute Gasteiger partial charge is 0.382 e. The lowest BCUT2D eigenvalue weighted by Gasteiger charge is -2.33. The van der Waals surface area contributed by atoms with Gasteiger partial charge in [0.1, 0.15) is 0 Å². The fourth-order valence-electron chi connectivity index (χ4n) is 3.21. The smallest absolute Gasteiger partial charge is 0.317 e. The van der Waals surface area contributed by atoms with Crippen molar-refractivity contribution in [3.63, 3.8) is 0 Å². The fourth-order valence-corrected chi connectivity index (χ4v) is 3.21. The van der Waals surface area contributed by atoms with Gasteiger partial charge in [-0.2, -0.15) is 0 Å². The summed E-state index contributed by atoms with van der Waals surface area (Å²) in [6.45, 7) is 3.83. The number of methoxy groups -OCH3 is 1. The van der Waals surface area contributed by atoms with Crippen LogP contribution in [0.2, 0.25) is 0 Å². The summed E-state index contributed by atoms with van der Waals surface area (Å²) in [7, 11) is 1.69. The minimum absolute atomic E-state index is 0.139. The van der Waals surface area contributed by atoms with Gasteiger partial charge in [0.15, 0.2) is 0 Å². The Hall–Kier alpha value is -0.810. The number of rotatable bonds is 6. The van der Waals surface area contributed by atoms with Gasteiger partial charge in [-0.1, -0.05) is 19.3 Å². The second-order valence-electron chi connectivity index (χ2n) is 6.28. The first kappa shape index (κ1) is 16.6. The van der Waals surface area contributed by atoms with E-state index in [0.717, 1.165) is 45.4 Å². The normalized spacial score (nSPS) is 21.5. The number of carbonyl (C=O) groups excluding carboxylic acids is 1. The molecule has 0 aromatic carbocycles. The summed E-state index contributed by atoms with van der Waals surface area (Å²) in [5.41, 5.74) is 0. The summed E-state index contributed by atoms with van der Waals surface area (Å²) in [5.74, 6) is 0.584. The van der Waals surface area contributed by atoms with Crippen LogP contribution in [0.4, 0.5) is 4.79 Å². The van der Waals surface area contributed by atoms with E-state index in [2.05, 4.69) is 5.32 Å². The molecule has 21 heavy (non-hydrogen) atoms. The van der Waals surface area contributed by atoms with Gasteiger partial charge in [0.2, 0.25) is 0 Å². The van der Waals surface area contributed by atoms with Crippen LogP contribution in [0.25, 0.3) is 0 Å². The van der Waals surface area contributed by atoms with Crippen molar-refractivity contribution in [2.45, 2.75) is 51.0 Å². The van der Waals surface area contributed by atoms with E-state index in [-0.39, 0.29) is 6.03 Å². The molecule has 0 spiro atoms. The summed E-state index contributed by atoms with van der Waals surface area (Å²) >= 11 is 0. The number of carbonyl (C=O) groups is 1. The van der Waals surface area contributed by atoms with Gasteiger partial charge >= 0.3 is 6.03 Å². The maximum Gasteiger partial charge on any atom is 0.317 e. The number of ether oxygens (including phenoxy) is 2. The Labute approximate surface area is 128 Å². The first-order chi connectivity index (χ1) is 10.3. The molecule has 5 nitrogen and oxygen atoms in total. The number of hydrogen-bond acceptors (Lipinski definition) is 3. The molecule has 1 aliphatic heterocycles. The van der Waals surface area contributed by atoms with Crippen molar-refractivity contribution in [1.82, 2.24) is 10.2 Å². The van der Waals surface area contributed by atoms with Crippen LogP contribution in [-0.2, 0) is 9.47 Å². The molecule has 0 unspecified atom stereocenters. The van der Waals surface area contributed by atoms with E-state index in [1.165, 1.54) is 19.3 Å². The van der Waals surface area contributed by atoms with Crippen molar-refractivity contribution < 1.29 is 14.3 Å². The summed E-state index contributed by atoms with van der Waals surface area (Å²) in [6.07, 6.45) is 8.22. The van der Waals surface area contributed by atoms with E-state index in [1.54, 1.807) is 7.11 Å². The van der Waals surface area contributed by atoms with Crippen LogP contribution >= 0.6 is 0 Å². The van der Waals surface area contributed by atoms with E-state index in [4.69, 9.17) is 9.47 Å². The molecule has 5 heteroatoms. The molecule has 1 heterocycles. The van der Waals surface area contributed by atoms with Crippen molar-refractivity contribution in [2.24, 2.45) is 5.92 Å².